The molecule has 1 aromatic carbocycles. The van der Waals surface area contributed by atoms with Gasteiger partial charge in [-0.05, 0) is 31.4 Å². The summed E-state index contributed by atoms with van der Waals surface area (Å²) >= 11 is 0. The molecule has 0 spiro atoms. The number of rotatable bonds is 8. The van der Waals surface area contributed by atoms with Gasteiger partial charge < -0.3 is 15.2 Å². The van der Waals surface area contributed by atoms with Crippen LogP contribution in [0.2, 0.25) is 0 Å². The van der Waals surface area contributed by atoms with Crippen molar-refractivity contribution < 1.29 is 23.4 Å². The van der Waals surface area contributed by atoms with Crippen LogP contribution in [0.25, 0.3) is 0 Å². The van der Waals surface area contributed by atoms with Gasteiger partial charge in [-0.3, -0.25) is 0 Å². The predicted molar refractivity (Wildman–Crippen MR) is 67.5 cm³/mol. The Bertz CT molecular complexity index is 415. The fourth-order valence-electron chi connectivity index (χ4n) is 1.63. The molecule has 0 heterocycles. The minimum absolute atomic E-state index is 0.281. The molecule has 0 unspecified atom stereocenters. The summed E-state index contributed by atoms with van der Waals surface area (Å²) in [6.07, 6.45) is 2.53. The molecule has 0 atom stereocenters. The van der Waals surface area contributed by atoms with Crippen LogP contribution in [0.15, 0.2) is 12.1 Å². The van der Waals surface area contributed by atoms with Gasteiger partial charge in [-0.25, -0.2) is 13.6 Å². The summed E-state index contributed by atoms with van der Waals surface area (Å²) in [6, 6.07) is 1.61. The molecule has 1 aromatic rings. The van der Waals surface area contributed by atoms with Gasteiger partial charge in [0.15, 0.2) is 0 Å². The zero-order valence-corrected chi connectivity index (χ0v) is 10.7. The minimum Gasteiger partial charge on any atom is -0.478 e. The first kappa shape index (κ1) is 15.4. The molecule has 0 saturated carbocycles. The van der Waals surface area contributed by atoms with E-state index in [9.17, 15) is 13.6 Å². The van der Waals surface area contributed by atoms with Crippen LogP contribution in [-0.4, -0.2) is 31.3 Å². The molecular weight excluding hydrogens is 256 g/mol. The Morgan fingerprint density at radius 2 is 1.89 bits per heavy atom. The van der Waals surface area contributed by atoms with Gasteiger partial charge in [-0.2, -0.15) is 0 Å². The zero-order chi connectivity index (χ0) is 14.3. The van der Waals surface area contributed by atoms with Crippen molar-refractivity contribution in [1.82, 2.24) is 0 Å². The molecule has 2 N–H and O–H groups in total. The third-order valence-corrected chi connectivity index (χ3v) is 2.62. The maximum atomic E-state index is 13.5. The molecule has 0 fully saturated rings. The molecule has 0 radical (unpaired) electrons. The highest BCUT2D eigenvalue weighted by Crippen LogP contribution is 2.21. The van der Waals surface area contributed by atoms with E-state index in [-0.39, 0.29) is 5.69 Å². The number of carboxylic acid groups (broad SMARTS) is 1. The molecule has 6 heteroatoms. The highest BCUT2D eigenvalue weighted by atomic mass is 19.1. The number of carboxylic acids is 1. The van der Waals surface area contributed by atoms with Crippen molar-refractivity contribution in [3.63, 3.8) is 0 Å². The summed E-state index contributed by atoms with van der Waals surface area (Å²) in [5.41, 5.74) is -0.683. The van der Waals surface area contributed by atoms with Gasteiger partial charge in [-0.15, -0.1) is 0 Å². The number of ether oxygens (including phenoxy) is 1. The van der Waals surface area contributed by atoms with Gasteiger partial charge in [0.1, 0.15) is 17.3 Å². The number of nitrogens with one attached hydrogen (secondary N) is 1. The maximum Gasteiger partial charge on any atom is 0.335 e. The molecule has 0 bridgehead atoms. The molecule has 0 aliphatic rings. The zero-order valence-electron chi connectivity index (χ0n) is 10.7. The fourth-order valence-corrected chi connectivity index (χ4v) is 1.63. The summed E-state index contributed by atoms with van der Waals surface area (Å²) in [7, 11) is 1.62. The highest BCUT2D eigenvalue weighted by Gasteiger charge is 2.14. The van der Waals surface area contributed by atoms with Crippen molar-refractivity contribution in [1.29, 1.82) is 0 Å². The third-order valence-electron chi connectivity index (χ3n) is 2.62. The van der Waals surface area contributed by atoms with Crippen LogP contribution in [0.4, 0.5) is 14.5 Å². The van der Waals surface area contributed by atoms with E-state index in [1.54, 1.807) is 7.11 Å². The number of aromatic carboxylic acids is 1. The molecule has 4 nitrogen and oxygen atoms in total. The maximum absolute atomic E-state index is 13.5. The van der Waals surface area contributed by atoms with Crippen LogP contribution in [0, 0.1) is 11.6 Å². The second-order valence-corrected chi connectivity index (χ2v) is 4.10. The van der Waals surface area contributed by atoms with Crippen molar-refractivity contribution in [2.75, 3.05) is 25.6 Å². The van der Waals surface area contributed by atoms with Crippen molar-refractivity contribution in [3.8, 4) is 0 Å². The molecule has 0 aromatic heterocycles. The number of methoxy groups -OCH3 is 1. The largest absolute Gasteiger partial charge is 0.478 e. The van der Waals surface area contributed by atoms with Crippen molar-refractivity contribution in [3.05, 3.63) is 29.3 Å². The van der Waals surface area contributed by atoms with Gasteiger partial charge in [0, 0.05) is 20.3 Å². The van der Waals surface area contributed by atoms with E-state index in [0.29, 0.717) is 13.2 Å². The number of unbranched alkanes of at least 4 members (excludes halogenated alkanes) is 2. The Morgan fingerprint density at radius 1 is 1.26 bits per heavy atom. The summed E-state index contributed by atoms with van der Waals surface area (Å²) < 4.78 is 31.9. The highest BCUT2D eigenvalue weighted by molar-refractivity contribution is 5.88. The molecule has 1 rings (SSSR count). The SMILES string of the molecule is COCCCCCNc1c(F)cc(C(=O)O)cc1F. The van der Waals surface area contributed by atoms with E-state index in [4.69, 9.17) is 9.84 Å². The molecule has 106 valence electrons. The summed E-state index contributed by atoms with van der Waals surface area (Å²) in [4.78, 5) is 10.6. The number of anilines is 1. The first-order valence-corrected chi connectivity index (χ1v) is 6.01. The van der Waals surface area contributed by atoms with Crippen LogP contribution >= 0.6 is 0 Å². The Labute approximate surface area is 110 Å². The van der Waals surface area contributed by atoms with Gasteiger partial charge in [-0.1, -0.05) is 0 Å². The number of hydrogen-bond acceptors (Lipinski definition) is 3. The first-order chi connectivity index (χ1) is 9.06. The first-order valence-electron chi connectivity index (χ1n) is 6.01. The standard InChI is InChI=1S/C13H17F2NO3/c1-19-6-4-2-3-5-16-12-10(14)7-9(13(17)18)8-11(12)15/h7-8,16H,2-6H2,1H3,(H,17,18). The lowest BCUT2D eigenvalue weighted by Gasteiger charge is -2.09. The van der Waals surface area contributed by atoms with Crippen LogP contribution < -0.4 is 5.32 Å². The lowest BCUT2D eigenvalue weighted by molar-refractivity contribution is 0.0696. The number of carbonyl (C=O) groups is 1. The minimum atomic E-state index is -1.36. The number of benzene rings is 1. The molecule has 19 heavy (non-hydrogen) atoms. The summed E-state index contributed by atoms with van der Waals surface area (Å²) in [6.45, 7) is 1.08. The Balaban J connectivity index is 2.52. The van der Waals surface area contributed by atoms with E-state index < -0.39 is 23.2 Å². The van der Waals surface area contributed by atoms with Crippen LogP contribution in [0.3, 0.4) is 0 Å². The fraction of sp³-hybridized carbons (Fsp3) is 0.462. The smallest absolute Gasteiger partial charge is 0.335 e. The lowest BCUT2D eigenvalue weighted by Crippen LogP contribution is -2.08. The second-order valence-electron chi connectivity index (χ2n) is 4.10. The van der Waals surface area contributed by atoms with Crippen molar-refractivity contribution >= 4 is 11.7 Å². The average Bonchev–Trinajstić information content (AvgIpc) is 2.35. The van der Waals surface area contributed by atoms with E-state index in [1.807, 2.05) is 0 Å². The number of hydrogen-bond donors (Lipinski definition) is 2. The molecule has 0 aliphatic carbocycles. The Morgan fingerprint density at radius 3 is 2.42 bits per heavy atom. The quantitative estimate of drug-likeness (QED) is 0.715. The Hall–Kier alpha value is -1.69. The van der Waals surface area contributed by atoms with E-state index in [2.05, 4.69) is 5.32 Å². The predicted octanol–water partition coefficient (Wildman–Crippen LogP) is 2.89. The Kier molecular flexibility index (Phi) is 6.21. The van der Waals surface area contributed by atoms with E-state index >= 15 is 0 Å². The van der Waals surface area contributed by atoms with E-state index in [0.717, 1.165) is 31.4 Å². The summed E-state index contributed by atoms with van der Waals surface area (Å²) in [5, 5.41) is 11.3. The van der Waals surface area contributed by atoms with Gasteiger partial charge >= 0.3 is 5.97 Å². The number of halogens is 2. The molecular formula is C13H17F2NO3. The molecule has 0 amide bonds. The van der Waals surface area contributed by atoms with Crippen molar-refractivity contribution in [2.24, 2.45) is 0 Å². The van der Waals surface area contributed by atoms with Crippen molar-refractivity contribution in [2.45, 2.75) is 19.3 Å². The van der Waals surface area contributed by atoms with Gasteiger partial charge in [0.2, 0.25) is 0 Å². The molecule has 0 saturated heterocycles. The van der Waals surface area contributed by atoms with Gasteiger partial charge in [0.25, 0.3) is 0 Å². The normalized spacial score (nSPS) is 10.5. The summed E-state index contributed by atoms with van der Waals surface area (Å²) in [5.74, 6) is -3.15. The molecule has 0 aliphatic heterocycles. The topological polar surface area (TPSA) is 58.6 Å². The third kappa shape index (κ3) is 4.82. The van der Waals surface area contributed by atoms with Crippen LogP contribution in [0.5, 0.6) is 0 Å². The average molecular weight is 273 g/mol. The van der Waals surface area contributed by atoms with E-state index in [1.165, 1.54) is 0 Å². The van der Waals surface area contributed by atoms with Gasteiger partial charge in [0.05, 0.1) is 5.56 Å². The second kappa shape index (κ2) is 7.68. The van der Waals surface area contributed by atoms with Crippen LogP contribution in [-0.2, 0) is 4.74 Å². The lowest BCUT2D eigenvalue weighted by atomic mass is 10.1. The van der Waals surface area contributed by atoms with Crippen LogP contribution in [0.1, 0.15) is 29.6 Å². The monoisotopic (exact) mass is 273 g/mol.